The van der Waals surface area contributed by atoms with Crippen LogP contribution in [0.5, 0.6) is 0 Å². The van der Waals surface area contributed by atoms with Crippen LogP contribution in [0.3, 0.4) is 0 Å². The van der Waals surface area contributed by atoms with Gasteiger partial charge in [0.2, 0.25) is 0 Å². The lowest BCUT2D eigenvalue weighted by Gasteiger charge is -2.22. The zero-order chi connectivity index (χ0) is 14.7. The smallest absolute Gasteiger partial charge is 0.165 e. The summed E-state index contributed by atoms with van der Waals surface area (Å²) < 4.78 is 3.82. The monoisotopic (exact) mass is 289 g/mol. The van der Waals surface area contributed by atoms with E-state index in [2.05, 4.69) is 38.6 Å². The Hall–Kier alpha value is -1.76. The predicted octanol–water partition coefficient (Wildman–Crippen LogP) is 1.54. The normalized spacial score (nSPS) is 19.4. The summed E-state index contributed by atoms with van der Waals surface area (Å²) in [5, 5.41) is 16.4. The number of nitrogens with zero attached hydrogens (tertiary/aromatic N) is 7. The molecule has 2 aromatic rings. The van der Waals surface area contributed by atoms with E-state index in [1.165, 1.54) is 18.4 Å². The minimum Gasteiger partial charge on any atom is -0.289 e. The van der Waals surface area contributed by atoms with Crippen LogP contribution in [-0.4, -0.2) is 41.4 Å². The molecular weight excluding hydrogens is 266 g/mol. The van der Waals surface area contributed by atoms with Gasteiger partial charge >= 0.3 is 0 Å². The molecule has 1 saturated heterocycles. The standard InChI is InChI=1S/C14H23N7/c1-3-4-8-21-14(16-17-18-21)11-20-7-5-6-13(20)12-9-15-19(2)10-12/h9-10,13H,3-8,11H2,1-2H3/t13-/m0/s1. The minimum atomic E-state index is 0.440. The SMILES string of the molecule is CCCCn1nnnc1CN1CCC[C@H]1c1cnn(C)c1. The van der Waals surface area contributed by atoms with Gasteiger partial charge in [-0.15, -0.1) is 5.10 Å². The second-order valence-electron chi connectivity index (χ2n) is 5.75. The van der Waals surface area contributed by atoms with Gasteiger partial charge in [0.15, 0.2) is 5.82 Å². The van der Waals surface area contributed by atoms with Crippen LogP contribution in [0.15, 0.2) is 12.4 Å². The van der Waals surface area contributed by atoms with Gasteiger partial charge in [-0.3, -0.25) is 9.58 Å². The largest absolute Gasteiger partial charge is 0.289 e. The van der Waals surface area contributed by atoms with Gasteiger partial charge in [0, 0.05) is 31.4 Å². The van der Waals surface area contributed by atoms with E-state index in [-0.39, 0.29) is 0 Å². The lowest BCUT2D eigenvalue weighted by atomic mass is 10.1. The van der Waals surface area contributed by atoms with Gasteiger partial charge in [-0.1, -0.05) is 13.3 Å². The molecule has 21 heavy (non-hydrogen) atoms. The molecule has 3 heterocycles. The third-order valence-corrected chi connectivity index (χ3v) is 4.15. The first-order chi connectivity index (χ1) is 10.3. The number of aryl methyl sites for hydroxylation is 2. The van der Waals surface area contributed by atoms with Crippen molar-refractivity contribution in [2.45, 2.75) is 51.7 Å². The van der Waals surface area contributed by atoms with Crippen LogP contribution in [0.2, 0.25) is 0 Å². The molecule has 0 aliphatic carbocycles. The summed E-state index contributed by atoms with van der Waals surface area (Å²) in [5.41, 5.74) is 1.29. The number of aromatic nitrogens is 6. The topological polar surface area (TPSA) is 64.7 Å². The van der Waals surface area contributed by atoms with E-state index in [1.807, 2.05) is 22.6 Å². The third kappa shape index (κ3) is 3.12. The number of unbranched alkanes of at least 4 members (excludes halogenated alkanes) is 1. The Morgan fingerprint density at radius 3 is 3.05 bits per heavy atom. The molecule has 0 unspecified atom stereocenters. The van der Waals surface area contributed by atoms with Gasteiger partial charge in [0.25, 0.3) is 0 Å². The van der Waals surface area contributed by atoms with Crippen molar-refractivity contribution in [1.29, 1.82) is 0 Å². The average Bonchev–Trinajstić information content (AvgIpc) is 3.18. The molecule has 0 spiro atoms. The van der Waals surface area contributed by atoms with Crippen molar-refractivity contribution < 1.29 is 0 Å². The molecule has 1 atom stereocenters. The number of hydrogen-bond acceptors (Lipinski definition) is 5. The summed E-state index contributed by atoms with van der Waals surface area (Å²) in [5.74, 6) is 0.972. The van der Waals surface area contributed by atoms with Gasteiger partial charge in [-0.05, 0) is 36.2 Å². The van der Waals surface area contributed by atoms with E-state index < -0.39 is 0 Å². The molecule has 3 rings (SSSR count). The van der Waals surface area contributed by atoms with Crippen LogP contribution in [0.1, 0.15) is 50.0 Å². The quantitative estimate of drug-likeness (QED) is 0.807. The maximum absolute atomic E-state index is 4.30. The molecule has 0 radical (unpaired) electrons. The molecule has 7 heteroatoms. The Labute approximate surface area is 124 Å². The molecule has 2 aromatic heterocycles. The van der Waals surface area contributed by atoms with Crippen molar-refractivity contribution in [3.8, 4) is 0 Å². The fraction of sp³-hybridized carbons (Fsp3) is 0.714. The molecule has 0 saturated carbocycles. The van der Waals surface area contributed by atoms with Gasteiger partial charge in [0.05, 0.1) is 12.7 Å². The number of likely N-dealkylation sites (tertiary alicyclic amines) is 1. The van der Waals surface area contributed by atoms with Gasteiger partial charge in [-0.25, -0.2) is 4.68 Å². The van der Waals surface area contributed by atoms with Crippen LogP contribution < -0.4 is 0 Å². The number of tetrazole rings is 1. The van der Waals surface area contributed by atoms with E-state index in [0.717, 1.165) is 38.3 Å². The molecule has 0 amide bonds. The fourth-order valence-electron chi connectivity index (χ4n) is 3.00. The van der Waals surface area contributed by atoms with Crippen molar-refractivity contribution in [2.24, 2.45) is 7.05 Å². The van der Waals surface area contributed by atoms with E-state index in [4.69, 9.17) is 0 Å². The Morgan fingerprint density at radius 1 is 1.38 bits per heavy atom. The number of rotatable bonds is 6. The second-order valence-corrected chi connectivity index (χ2v) is 5.75. The Morgan fingerprint density at radius 2 is 2.29 bits per heavy atom. The molecule has 114 valence electrons. The van der Waals surface area contributed by atoms with Gasteiger partial charge in [0.1, 0.15) is 0 Å². The van der Waals surface area contributed by atoms with Crippen molar-refractivity contribution in [2.75, 3.05) is 6.54 Å². The summed E-state index contributed by atoms with van der Waals surface area (Å²) in [4.78, 5) is 2.46. The number of hydrogen-bond donors (Lipinski definition) is 0. The summed E-state index contributed by atoms with van der Waals surface area (Å²) in [6.07, 6.45) is 8.76. The maximum atomic E-state index is 4.30. The molecule has 1 aliphatic rings. The molecule has 1 fully saturated rings. The fourth-order valence-corrected chi connectivity index (χ4v) is 3.00. The summed E-state index contributed by atoms with van der Waals surface area (Å²) >= 11 is 0. The van der Waals surface area contributed by atoms with Crippen LogP contribution in [0, 0.1) is 0 Å². The van der Waals surface area contributed by atoms with Crippen molar-refractivity contribution in [1.82, 2.24) is 34.9 Å². The molecule has 1 aliphatic heterocycles. The maximum Gasteiger partial charge on any atom is 0.165 e. The Balaban J connectivity index is 1.70. The lowest BCUT2D eigenvalue weighted by molar-refractivity contribution is 0.236. The van der Waals surface area contributed by atoms with Crippen LogP contribution in [0.25, 0.3) is 0 Å². The average molecular weight is 289 g/mol. The van der Waals surface area contributed by atoms with Crippen LogP contribution in [0.4, 0.5) is 0 Å². The summed E-state index contributed by atoms with van der Waals surface area (Å²) in [6.45, 7) is 5.00. The predicted molar refractivity (Wildman–Crippen MR) is 78.3 cm³/mol. The highest BCUT2D eigenvalue weighted by Gasteiger charge is 2.28. The Kier molecular flexibility index (Phi) is 4.28. The zero-order valence-corrected chi connectivity index (χ0v) is 12.8. The van der Waals surface area contributed by atoms with Crippen LogP contribution in [-0.2, 0) is 20.1 Å². The zero-order valence-electron chi connectivity index (χ0n) is 12.8. The Bertz CT molecular complexity index is 573. The first kappa shape index (κ1) is 14.2. The molecule has 7 nitrogen and oxygen atoms in total. The van der Waals surface area contributed by atoms with Crippen molar-refractivity contribution >= 4 is 0 Å². The van der Waals surface area contributed by atoms with Crippen molar-refractivity contribution in [3.63, 3.8) is 0 Å². The highest BCUT2D eigenvalue weighted by atomic mass is 15.5. The lowest BCUT2D eigenvalue weighted by Crippen LogP contribution is -2.25. The molecule has 0 bridgehead atoms. The van der Waals surface area contributed by atoms with E-state index >= 15 is 0 Å². The highest BCUT2D eigenvalue weighted by molar-refractivity contribution is 5.12. The highest BCUT2D eigenvalue weighted by Crippen LogP contribution is 2.32. The van der Waals surface area contributed by atoms with E-state index in [1.54, 1.807) is 0 Å². The van der Waals surface area contributed by atoms with E-state index in [9.17, 15) is 0 Å². The third-order valence-electron chi connectivity index (χ3n) is 4.15. The van der Waals surface area contributed by atoms with Crippen LogP contribution >= 0.6 is 0 Å². The molecular formula is C14H23N7. The van der Waals surface area contributed by atoms with E-state index in [0.29, 0.717) is 6.04 Å². The minimum absolute atomic E-state index is 0.440. The molecule has 0 N–H and O–H groups in total. The first-order valence-corrected chi connectivity index (χ1v) is 7.75. The molecule has 0 aromatic carbocycles. The van der Waals surface area contributed by atoms with Gasteiger partial charge in [-0.2, -0.15) is 5.10 Å². The second kappa shape index (κ2) is 6.34. The van der Waals surface area contributed by atoms with Gasteiger partial charge < -0.3 is 0 Å². The summed E-state index contributed by atoms with van der Waals surface area (Å²) in [7, 11) is 1.97. The summed E-state index contributed by atoms with van der Waals surface area (Å²) in [6, 6.07) is 0.440. The first-order valence-electron chi connectivity index (χ1n) is 7.75. The van der Waals surface area contributed by atoms with Crippen molar-refractivity contribution in [3.05, 3.63) is 23.8 Å².